The van der Waals surface area contributed by atoms with Crippen molar-refractivity contribution in [1.82, 2.24) is 4.90 Å². The highest BCUT2D eigenvalue weighted by Gasteiger charge is 2.20. The second-order valence-electron chi connectivity index (χ2n) is 5.31. The Labute approximate surface area is 114 Å². The third-order valence-electron chi connectivity index (χ3n) is 3.63. The molecule has 0 radical (unpaired) electrons. The fourth-order valence-electron chi connectivity index (χ4n) is 2.50. The molecule has 0 spiro atoms. The summed E-state index contributed by atoms with van der Waals surface area (Å²) in [5, 5.41) is 9.10. The van der Waals surface area contributed by atoms with Gasteiger partial charge in [0, 0.05) is 13.2 Å². The molecule has 3 nitrogen and oxygen atoms in total. The molecular weight excluding hydrogens is 245 g/mol. The summed E-state index contributed by atoms with van der Waals surface area (Å²) in [5.74, 6) is 0.926. The van der Waals surface area contributed by atoms with Crippen molar-refractivity contribution in [1.29, 1.82) is 0 Å². The van der Waals surface area contributed by atoms with Crippen molar-refractivity contribution in [2.24, 2.45) is 5.92 Å². The van der Waals surface area contributed by atoms with Gasteiger partial charge in [-0.15, -0.1) is 0 Å². The first-order valence-corrected chi connectivity index (χ1v) is 6.93. The molecule has 106 valence electrons. The minimum absolute atomic E-state index is 0.0798. The van der Waals surface area contributed by atoms with Gasteiger partial charge in [-0.1, -0.05) is 0 Å². The number of aliphatic hydroxyl groups is 1. The number of hydrogen-bond donors (Lipinski definition) is 1. The van der Waals surface area contributed by atoms with Gasteiger partial charge in [0.25, 0.3) is 0 Å². The summed E-state index contributed by atoms with van der Waals surface area (Å²) in [4.78, 5) is 2.36. The normalized spacial score (nSPS) is 19.3. The van der Waals surface area contributed by atoms with E-state index in [-0.39, 0.29) is 11.9 Å². The Balaban J connectivity index is 1.75. The molecule has 1 aromatic rings. The zero-order chi connectivity index (χ0) is 13.7. The summed E-state index contributed by atoms with van der Waals surface area (Å²) in [5.41, 5.74) is 0. The van der Waals surface area contributed by atoms with Crippen LogP contribution in [0.4, 0.5) is 4.39 Å². The third-order valence-corrected chi connectivity index (χ3v) is 3.63. The standard InChI is InChI=1S/C15H22FNO2/c1-12(19-15-4-2-14(16)3-5-15)10-17-8-6-13(11-18)7-9-17/h2-5,12-13,18H,6-11H2,1H3. The van der Waals surface area contributed by atoms with Crippen LogP contribution in [0.25, 0.3) is 0 Å². The van der Waals surface area contributed by atoms with E-state index in [2.05, 4.69) is 4.90 Å². The summed E-state index contributed by atoms with van der Waals surface area (Å²) in [6.07, 6.45) is 2.19. The lowest BCUT2D eigenvalue weighted by Gasteiger charge is -2.32. The molecular formula is C15H22FNO2. The molecule has 1 aliphatic rings. The fourth-order valence-corrected chi connectivity index (χ4v) is 2.50. The van der Waals surface area contributed by atoms with Gasteiger partial charge in [0.05, 0.1) is 0 Å². The topological polar surface area (TPSA) is 32.7 Å². The summed E-state index contributed by atoms with van der Waals surface area (Å²) in [7, 11) is 0. The van der Waals surface area contributed by atoms with Crippen molar-refractivity contribution in [2.75, 3.05) is 26.2 Å². The number of likely N-dealkylation sites (tertiary alicyclic amines) is 1. The zero-order valence-corrected chi connectivity index (χ0v) is 11.4. The van der Waals surface area contributed by atoms with Gasteiger partial charge in [0.2, 0.25) is 0 Å². The number of rotatable bonds is 5. The van der Waals surface area contributed by atoms with Gasteiger partial charge in [0.1, 0.15) is 17.7 Å². The van der Waals surface area contributed by atoms with Crippen LogP contribution in [0, 0.1) is 11.7 Å². The van der Waals surface area contributed by atoms with Crippen LogP contribution >= 0.6 is 0 Å². The molecule has 0 amide bonds. The maximum absolute atomic E-state index is 12.8. The number of aliphatic hydroxyl groups excluding tert-OH is 1. The van der Waals surface area contributed by atoms with Gasteiger partial charge in [0.15, 0.2) is 0 Å². The molecule has 1 saturated heterocycles. The van der Waals surface area contributed by atoms with Gasteiger partial charge in [-0.2, -0.15) is 0 Å². The smallest absolute Gasteiger partial charge is 0.123 e. The number of piperidine rings is 1. The first-order chi connectivity index (χ1) is 9.17. The Kier molecular flexibility index (Phi) is 5.16. The average Bonchev–Trinajstić information content (AvgIpc) is 2.42. The van der Waals surface area contributed by atoms with Crippen LogP contribution in [0.3, 0.4) is 0 Å². The summed E-state index contributed by atoms with van der Waals surface area (Å²) in [6.45, 7) is 5.23. The molecule has 0 aromatic heterocycles. The summed E-state index contributed by atoms with van der Waals surface area (Å²) in [6, 6.07) is 6.14. The fraction of sp³-hybridized carbons (Fsp3) is 0.600. The van der Waals surface area contributed by atoms with E-state index < -0.39 is 0 Å². The first kappa shape index (κ1) is 14.3. The second kappa shape index (κ2) is 6.87. The van der Waals surface area contributed by atoms with Gasteiger partial charge in [-0.05, 0) is 63.0 Å². The Hall–Kier alpha value is -1.13. The van der Waals surface area contributed by atoms with Crippen LogP contribution in [0.15, 0.2) is 24.3 Å². The van der Waals surface area contributed by atoms with Crippen molar-refractivity contribution < 1.29 is 14.2 Å². The van der Waals surface area contributed by atoms with E-state index in [9.17, 15) is 4.39 Å². The van der Waals surface area contributed by atoms with Crippen molar-refractivity contribution in [3.63, 3.8) is 0 Å². The molecule has 1 fully saturated rings. The average molecular weight is 267 g/mol. The van der Waals surface area contributed by atoms with Gasteiger partial charge < -0.3 is 9.84 Å². The molecule has 0 bridgehead atoms. The number of ether oxygens (including phenoxy) is 1. The Bertz CT molecular complexity index is 374. The number of halogens is 1. The minimum atomic E-state index is -0.244. The molecule has 1 atom stereocenters. The van der Waals surface area contributed by atoms with Crippen LogP contribution in [0.5, 0.6) is 5.75 Å². The lowest BCUT2D eigenvalue weighted by molar-refractivity contribution is 0.0941. The first-order valence-electron chi connectivity index (χ1n) is 6.93. The van der Waals surface area contributed by atoms with Gasteiger partial charge >= 0.3 is 0 Å². The molecule has 19 heavy (non-hydrogen) atoms. The largest absolute Gasteiger partial charge is 0.489 e. The molecule has 2 rings (SSSR count). The quantitative estimate of drug-likeness (QED) is 0.888. The molecule has 1 aliphatic heterocycles. The predicted molar refractivity (Wildman–Crippen MR) is 72.7 cm³/mol. The SMILES string of the molecule is CC(CN1CCC(CO)CC1)Oc1ccc(F)cc1. The molecule has 1 N–H and O–H groups in total. The minimum Gasteiger partial charge on any atom is -0.489 e. The number of benzene rings is 1. The van der Waals surface area contributed by atoms with Crippen molar-refractivity contribution in [3.05, 3.63) is 30.1 Å². The molecule has 1 unspecified atom stereocenters. The van der Waals surface area contributed by atoms with E-state index in [0.29, 0.717) is 18.3 Å². The van der Waals surface area contributed by atoms with E-state index in [4.69, 9.17) is 9.84 Å². The van der Waals surface area contributed by atoms with Crippen LogP contribution in [-0.2, 0) is 0 Å². The zero-order valence-electron chi connectivity index (χ0n) is 11.4. The van der Waals surface area contributed by atoms with E-state index in [0.717, 1.165) is 32.5 Å². The highest BCUT2D eigenvalue weighted by molar-refractivity contribution is 5.22. The Morgan fingerprint density at radius 1 is 1.32 bits per heavy atom. The van der Waals surface area contributed by atoms with Crippen molar-refractivity contribution >= 4 is 0 Å². The van der Waals surface area contributed by atoms with Crippen LogP contribution in [-0.4, -0.2) is 42.4 Å². The van der Waals surface area contributed by atoms with Gasteiger partial charge in [-0.25, -0.2) is 4.39 Å². The van der Waals surface area contributed by atoms with Crippen LogP contribution in [0.1, 0.15) is 19.8 Å². The molecule has 4 heteroatoms. The van der Waals surface area contributed by atoms with E-state index >= 15 is 0 Å². The molecule has 0 saturated carbocycles. The Morgan fingerprint density at radius 2 is 1.95 bits per heavy atom. The second-order valence-corrected chi connectivity index (χ2v) is 5.31. The molecule has 1 heterocycles. The van der Waals surface area contributed by atoms with E-state index in [1.165, 1.54) is 12.1 Å². The maximum atomic E-state index is 12.8. The van der Waals surface area contributed by atoms with E-state index in [1.807, 2.05) is 6.92 Å². The van der Waals surface area contributed by atoms with E-state index in [1.54, 1.807) is 12.1 Å². The summed E-state index contributed by atoms with van der Waals surface area (Å²) < 4.78 is 18.6. The van der Waals surface area contributed by atoms with Crippen LogP contribution in [0.2, 0.25) is 0 Å². The number of nitrogens with zero attached hydrogens (tertiary/aromatic N) is 1. The molecule has 1 aromatic carbocycles. The third kappa shape index (κ3) is 4.48. The van der Waals surface area contributed by atoms with Crippen LogP contribution < -0.4 is 4.74 Å². The summed E-state index contributed by atoms with van der Waals surface area (Å²) >= 11 is 0. The predicted octanol–water partition coefficient (Wildman–Crippen LogP) is 2.30. The lowest BCUT2D eigenvalue weighted by Crippen LogP contribution is -2.40. The lowest BCUT2D eigenvalue weighted by atomic mass is 9.98. The maximum Gasteiger partial charge on any atom is 0.123 e. The monoisotopic (exact) mass is 267 g/mol. The van der Waals surface area contributed by atoms with Crippen molar-refractivity contribution in [2.45, 2.75) is 25.9 Å². The number of hydrogen-bond acceptors (Lipinski definition) is 3. The Morgan fingerprint density at radius 3 is 2.53 bits per heavy atom. The molecule has 0 aliphatic carbocycles. The van der Waals surface area contributed by atoms with Crippen molar-refractivity contribution in [3.8, 4) is 5.75 Å². The highest BCUT2D eigenvalue weighted by atomic mass is 19.1. The van der Waals surface area contributed by atoms with Gasteiger partial charge in [-0.3, -0.25) is 4.90 Å². The highest BCUT2D eigenvalue weighted by Crippen LogP contribution is 2.18.